The topological polar surface area (TPSA) is 46.3 Å². The molecule has 2 N–H and O–H groups in total. The standard InChI is InChI=1S/C10H18N2O/c1-2-12-6-7-4-3-5-8(7)9(12)10(11)13/h7-9H,2-6H2,1H3,(H2,11,13). The van der Waals surface area contributed by atoms with Crippen molar-refractivity contribution in [3.8, 4) is 0 Å². The molecule has 0 spiro atoms. The molecule has 3 heteroatoms. The molecule has 1 heterocycles. The first-order chi connectivity index (χ1) is 6.24. The summed E-state index contributed by atoms with van der Waals surface area (Å²) < 4.78 is 0. The highest BCUT2D eigenvalue weighted by Gasteiger charge is 2.45. The Bertz CT molecular complexity index is 217. The number of nitrogens with zero attached hydrogens (tertiary/aromatic N) is 1. The molecule has 3 unspecified atom stereocenters. The van der Waals surface area contributed by atoms with E-state index in [-0.39, 0.29) is 11.9 Å². The highest BCUT2D eigenvalue weighted by atomic mass is 16.1. The third-order valence-electron chi connectivity index (χ3n) is 3.68. The van der Waals surface area contributed by atoms with Crippen LogP contribution in [0.25, 0.3) is 0 Å². The Morgan fingerprint density at radius 1 is 1.54 bits per heavy atom. The maximum absolute atomic E-state index is 11.3. The zero-order chi connectivity index (χ0) is 9.42. The second kappa shape index (κ2) is 3.29. The summed E-state index contributed by atoms with van der Waals surface area (Å²) in [6, 6.07) is 0.0394. The van der Waals surface area contributed by atoms with Gasteiger partial charge >= 0.3 is 0 Å². The molecule has 2 fully saturated rings. The minimum atomic E-state index is -0.115. The summed E-state index contributed by atoms with van der Waals surface area (Å²) in [5, 5.41) is 0. The highest BCUT2D eigenvalue weighted by molar-refractivity contribution is 5.80. The number of carbonyl (C=O) groups is 1. The van der Waals surface area contributed by atoms with Gasteiger partial charge in [0.1, 0.15) is 0 Å². The van der Waals surface area contributed by atoms with E-state index in [2.05, 4.69) is 11.8 Å². The van der Waals surface area contributed by atoms with Crippen LogP contribution in [0.15, 0.2) is 0 Å². The van der Waals surface area contributed by atoms with E-state index in [0.29, 0.717) is 5.92 Å². The number of rotatable bonds is 2. The van der Waals surface area contributed by atoms with Gasteiger partial charge in [-0.2, -0.15) is 0 Å². The average molecular weight is 182 g/mol. The number of likely N-dealkylation sites (tertiary alicyclic amines) is 1. The number of hydrogen-bond acceptors (Lipinski definition) is 2. The largest absolute Gasteiger partial charge is 0.368 e. The van der Waals surface area contributed by atoms with E-state index in [9.17, 15) is 4.79 Å². The van der Waals surface area contributed by atoms with Gasteiger partial charge in [-0.1, -0.05) is 13.3 Å². The van der Waals surface area contributed by atoms with Crippen LogP contribution in [0.1, 0.15) is 26.2 Å². The Kier molecular flexibility index (Phi) is 2.28. The third kappa shape index (κ3) is 1.35. The van der Waals surface area contributed by atoms with Crippen molar-refractivity contribution in [3.63, 3.8) is 0 Å². The van der Waals surface area contributed by atoms with Crippen LogP contribution in [0, 0.1) is 11.8 Å². The van der Waals surface area contributed by atoms with Gasteiger partial charge < -0.3 is 5.73 Å². The van der Waals surface area contributed by atoms with Crippen molar-refractivity contribution in [2.75, 3.05) is 13.1 Å². The number of likely N-dealkylation sites (N-methyl/N-ethyl adjacent to an activating group) is 1. The van der Waals surface area contributed by atoms with E-state index < -0.39 is 0 Å². The van der Waals surface area contributed by atoms with E-state index in [0.717, 1.165) is 19.0 Å². The van der Waals surface area contributed by atoms with Crippen LogP contribution in [0.3, 0.4) is 0 Å². The lowest BCUT2D eigenvalue weighted by Crippen LogP contribution is -2.43. The van der Waals surface area contributed by atoms with Gasteiger partial charge in [-0.05, 0) is 31.2 Å². The van der Waals surface area contributed by atoms with Crippen molar-refractivity contribution in [1.29, 1.82) is 0 Å². The number of amides is 1. The molecule has 2 aliphatic rings. The predicted octanol–water partition coefficient (Wildman–Crippen LogP) is 0.592. The number of primary amides is 1. The first-order valence-corrected chi connectivity index (χ1v) is 5.27. The molecule has 2 rings (SSSR count). The zero-order valence-electron chi connectivity index (χ0n) is 8.20. The lowest BCUT2D eigenvalue weighted by Gasteiger charge is -2.23. The van der Waals surface area contributed by atoms with Gasteiger partial charge in [0.2, 0.25) is 5.91 Å². The quantitative estimate of drug-likeness (QED) is 0.679. The molecule has 0 aromatic rings. The Morgan fingerprint density at radius 2 is 2.31 bits per heavy atom. The lowest BCUT2D eigenvalue weighted by molar-refractivity contribution is -0.123. The van der Waals surface area contributed by atoms with Gasteiger partial charge in [0, 0.05) is 6.54 Å². The lowest BCUT2D eigenvalue weighted by atomic mass is 9.94. The van der Waals surface area contributed by atoms with Crippen molar-refractivity contribution in [1.82, 2.24) is 4.90 Å². The molecule has 0 aromatic heterocycles. The molecule has 0 radical (unpaired) electrons. The average Bonchev–Trinajstić information content (AvgIpc) is 2.59. The maximum Gasteiger partial charge on any atom is 0.235 e. The predicted molar refractivity (Wildman–Crippen MR) is 51.1 cm³/mol. The van der Waals surface area contributed by atoms with Crippen LogP contribution >= 0.6 is 0 Å². The van der Waals surface area contributed by atoms with Crippen molar-refractivity contribution >= 4 is 5.91 Å². The summed E-state index contributed by atoms with van der Waals surface area (Å²) in [7, 11) is 0. The first kappa shape index (κ1) is 9.00. The van der Waals surface area contributed by atoms with Crippen LogP contribution in [-0.2, 0) is 4.79 Å². The van der Waals surface area contributed by atoms with Crippen LogP contribution in [0.2, 0.25) is 0 Å². The Morgan fingerprint density at radius 3 is 2.92 bits per heavy atom. The molecule has 1 amide bonds. The number of fused-ring (bicyclic) bond motifs is 1. The smallest absolute Gasteiger partial charge is 0.235 e. The second-order valence-electron chi connectivity index (χ2n) is 4.29. The molecule has 13 heavy (non-hydrogen) atoms. The molecular weight excluding hydrogens is 164 g/mol. The van der Waals surface area contributed by atoms with Gasteiger partial charge in [-0.3, -0.25) is 9.69 Å². The first-order valence-electron chi connectivity index (χ1n) is 5.27. The van der Waals surface area contributed by atoms with Crippen LogP contribution < -0.4 is 5.73 Å². The fourth-order valence-electron chi connectivity index (χ4n) is 3.11. The fraction of sp³-hybridized carbons (Fsp3) is 0.900. The Balaban J connectivity index is 2.14. The molecule has 0 bridgehead atoms. The van der Waals surface area contributed by atoms with E-state index >= 15 is 0 Å². The molecule has 1 aliphatic carbocycles. The maximum atomic E-state index is 11.3. The molecule has 3 atom stereocenters. The SMILES string of the molecule is CCN1CC2CCCC2C1C(N)=O. The Labute approximate surface area is 79.3 Å². The third-order valence-corrected chi connectivity index (χ3v) is 3.68. The summed E-state index contributed by atoms with van der Waals surface area (Å²) >= 11 is 0. The number of nitrogens with two attached hydrogens (primary N) is 1. The molecule has 1 aliphatic heterocycles. The fourth-order valence-corrected chi connectivity index (χ4v) is 3.11. The highest BCUT2D eigenvalue weighted by Crippen LogP contribution is 2.41. The second-order valence-corrected chi connectivity index (χ2v) is 4.29. The summed E-state index contributed by atoms with van der Waals surface area (Å²) in [6.45, 7) is 4.16. The summed E-state index contributed by atoms with van der Waals surface area (Å²) in [5.74, 6) is 1.20. The molecule has 74 valence electrons. The number of hydrogen-bond donors (Lipinski definition) is 1. The van der Waals surface area contributed by atoms with Crippen molar-refractivity contribution < 1.29 is 4.79 Å². The minimum Gasteiger partial charge on any atom is -0.368 e. The van der Waals surface area contributed by atoms with Crippen molar-refractivity contribution in [2.45, 2.75) is 32.2 Å². The van der Waals surface area contributed by atoms with Gasteiger partial charge in [-0.15, -0.1) is 0 Å². The Hall–Kier alpha value is -0.570. The molecule has 1 saturated heterocycles. The summed E-state index contributed by atoms with van der Waals surface area (Å²) in [5.41, 5.74) is 5.44. The van der Waals surface area contributed by atoms with E-state index in [4.69, 9.17) is 5.73 Å². The monoisotopic (exact) mass is 182 g/mol. The molecule has 0 aromatic carbocycles. The van der Waals surface area contributed by atoms with Crippen molar-refractivity contribution in [2.24, 2.45) is 17.6 Å². The van der Waals surface area contributed by atoms with Gasteiger partial charge in [-0.25, -0.2) is 0 Å². The van der Waals surface area contributed by atoms with Crippen molar-refractivity contribution in [3.05, 3.63) is 0 Å². The van der Waals surface area contributed by atoms with E-state index in [1.807, 2.05) is 0 Å². The molecule has 3 nitrogen and oxygen atoms in total. The van der Waals surface area contributed by atoms with E-state index in [1.165, 1.54) is 19.3 Å². The van der Waals surface area contributed by atoms with Gasteiger partial charge in [0.25, 0.3) is 0 Å². The van der Waals surface area contributed by atoms with Gasteiger partial charge in [0.05, 0.1) is 6.04 Å². The van der Waals surface area contributed by atoms with E-state index in [1.54, 1.807) is 0 Å². The molecule has 1 saturated carbocycles. The minimum absolute atomic E-state index is 0.0394. The normalized spacial score (nSPS) is 39.3. The summed E-state index contributed by atoms with van der Waals surface area (Å²) in [6.07, 6.45) is 3.79. The van der Waals surface area contributed by atoms with Crippen LogP contribution in [0.5, 0.6) is 0 Å². The van der Waals surface area contributed by atoms with Gasteiger partial charge in [0.15, 0.2) is 0 Å². The zero-order valence-corrected chi connectivity index (χ0v) is 8.20. The molecular formula is C10H18N2O. The number of carbonyl (C=O) groups excluding carboxylic acids is 1. The van der Waals surface area contributed by atoms with Crippen LogP contribution in [-0.4, -0.2) is 29.9 Å². The summed E-state index contributed by atoms with van der Waals surface area (Å²) in [4.78, 5) is 13.5. The van der Waals surface area contributed by atoms with Crippen LogP contribution in [0.4, 0.5) is 0 Å².